The van der Waals surface area contributed by atoms with Crippen LogP contribution < -0.4 is 20.9 Å². The maximum atomic E-state index is 6.13. The third kappa shape index (κ3) is 3.92. The Balaban J connectivity index is 1.84. The van der Waals surface area contributed by atoms with Gasteiger partial charge in [-0.2, -0.15) is 0 Å². The molecule has 0 aliphatic rings. The van der Waals surface area contributed by atoms with Gasteiger partial charge in [-0.05, 0) is 73.5 Å². The van der Waals surface area contributed by atoms with E-state index in [0.717, 1.165) is 11.1 Å². The maximum Gasteiger partial charge on any atom is 0.170 e. The Labute approximate surface area is 183 Å². The third-order valence-electron chi connectivity index (χ3n) is 4.62. The fourth-order valence-corrected chi connectivity index (χ4v) is 3.21. The minimum absolute atomic E-state index is 0.241. The fourth-order valence-electron chi connectivity index (χ4n) is 2.97. The number of ether oxygens (including phenoxy) is 2. The van der Waals surface area contributed by atoms with E-state index in [1.807, 2.05) is 26.0 Å². The van der Waals surface area contributed by atoms with Crippen LogP contribution in [0.4, 0.5) is 11.6 Å². The van der Waals surface area contributed by atoms with Crippen LogP contribution in [0.5, 0.6) is 23.0 Å². The van der Waals surface area contributed by atoms with E-state index in [1.54, 1.807) is 36.4 Å². The molecular weight excluding hydrogens is 423 g/mol. The Hall–Kier alpha value is -3.22. The van der Waals surface area contributed by atoms with Gasteiger partial charge in [0.05, 0.1) is 0 Å². The van der Waals surface area contributed by atoms with Crippen LogP contribution in [-0.4, -0.2) is 10.2 Å². The lowest BCUT2D eigenvalue weighted by molar-refractivity contribution is 0.419. The van der Waals surface area contributed by atoms with Gasteiger partial charge in [0.2, 0.25) is 0 Å². The average molecular weight is 441 g/mol. The van der Waals surface area contributed by atoms with Crippen molar-refractivity contribution >= 4 is 45.6 Å². The number of benzene rings is 3. The van der Waals surface area contributed by atoms with E-state index in [1.165, 1.54) is 0 Å². The van der Waals surface area contributed by atoms with Gasteiger partial charge in [0.1, 0.15) is 11.5 Å². The summed E-state index contributed by atoms with van der Waals surface area (Å²) in [4.78, 5) is 0. The van der Waals surface area contributed by atoms with E-state index in [9.17, 15) is 0 Å². The number of nitrogens with two attached hydrogens (primary N) is 2. The number of nitrogens with zero attached hydrogens (tertiary/aromatic N) is 2. The van der Waals surface area contributed by atoms with E-state index in [4.69, 9.17) is 44.1 Å². The largest absolute Gasteiger partial charge is 0.453 e. The second-order valence-electron chi connectivity index (χ2n) is 6.84. The molecule has 1 aromatic heterocycles. The topological polar surface area (TPSA) is 96.3 Å². The van der Waals surface area contributed by atoms with Gasteiger partial charge in [-0.25, -0.2) is 0 Å². The van der Waals surface area contributed by atoms with E-state index < -0.39 is 0 Å². The molecule has 1 heterocycles. The zero-order chi connectivity index (χ0) is 21.4. The van der Waals surface area contributed by atoms with Crippen molar-refractivity contribution in [1.29, 1.82) is 0 Å². The molecule has 152 valence electrons. The summed E-state index contributed by atoms with van der Waals surface area (Å²) in [5.74, 6) is 2.56. The molecule has 0 atom stereocenters. The summed E-state index contributed by atoms with van der Waals surface area (Å²) < 4.78 is 12.2. The Morgan fingerprint density at radius 3 is 1.43 bits per heavy atom. The highest BCUT2D eigenvalue weighted by molar-refractivity contribution is 6.31. The molecule has 4 rings (SSSR count). The number of rotatable bonds is 4. The molecule has 0 radical (unpaired) electrons. The predicted octanol–water partition coefficient (Wildman–Crippen LogP) is 6.30. The Bertz CT molecular complexity index is 1180. The van der Waals surface area contributed by atoms with E-state index in [-0.39, 0.29) is 11.6 Å². The number of hydrogen-bond donors (Lipinski definition) is 2. The van der Waals surface area contributed by atoms with E-state index in [2.05, 4.69) is 10.2 Å². The van der Waals surface area contributed by atoms with Gasteiger partial charge < -0.3 is 20.9 Å². The van der Waals surface area contributed by atoms with Crippen LogP contribution in [-0.2, 0) is 0 Å². The molecule has 0 bridgehead atoms. The van der Waals surface area contributed by atoms with Crippen molar-refractivity contribution in [3.63, 3.8) is 0 Å². The molecule has 6 nitrogen and oxygen atoms in total. The number of aryl methyl sites for hydroxylation is 2. The zero-order valence-corrected chi connectivity index (χ0v) is 17.8. The maximum absolute atomic E-state index is 6.13. The smallest absolute Gasteiger partial charge is 0.170 e. The first-order valence-corrected chi connectivity index (χ1v) is 9.81. The normalized spacial score (nSPS) is 10.9. The molecule has 4 aromatic rings. The highest BCUT2D eigenvalue weighted by atomic mass is 35.5. The molecule has 4 N–H and O–H groups in total. The van der Waals surface area contributed by atoms with Crippen molar-refractivity contribution in [3.05, 3.63) is 69.7 Å². The predicted molar refractivity (Wildman–Crippen MR) is 121 cm³/mol. The summed E-state index contributed by atoms with van der Waals surface area (Å²) in [6, 6.07) is 14.2. The second kappa shape index (κ2) is 7.89. The van der Waals surface area contributed by atoms with Crippen LogP contribution in [0, 0.1) is 13.8 Å². The first-order valence-electron chi connectivity index (χ1n) is 9.05. The van der Waals surface area contributed by atoms with Crippen LogP contribution >= 0.6 is 23.2 Å². The molecule has 0 fully saturated rings. The summed E-state index contributed by atoms with van der Waals surface area (Å²) in [6.45, 7) is 3.80. The molecular formula is C22H18Cl2N4O2. The van der Waals surface area contributed by atoms with Gasteiger partial charge >= 0.3 is 0 Å². The molecule has 0 saturated carbocycles. The molecule has 0 unspecified atom stereocenters. The SMILES string of the molecule is Cc1cc(Oc2cc3c(N)nnc(N)c3cc2Oc2ccc(Cl)c(C)c2)ccc1Cl. The highest BCUT2D eigenvalue weighted by Gasteiger charge is 2.15. The van der Waals surface area contributed by atoms with Crippen LogP contribution in [0.15, 0.2) is 48.5 Å². The summed E-state index contributed by atoms with van der Waals surface area (Å²) in [7, 11) is 0. The summed E-state index contributed by atoms with van der Waals surface area (Å²) in [6.07, 6.45) is 0. The first-order chi connectivity index (χ1) is 14.3. The zero-order valence-electron chi connectivity index (χ0n) is 16.2. The first kappa shape index (κ1) is 20.1. The van der Waals surface area contributed by atoms with Gasteiger partial charge in [-0.15, -0.1) is 10.2 Å². The van der Waals surface area contributed by atoms with Crippen molar-refractivity contribution in [2.45, 2.75) is 13.8 Å². The summed E-state index contributed by atoms with van der Waals surface area (Å²) in [5, 5.41) is 10.3. The fraction of sp³-hybridized carbons (Fsp3) is 0.0909. The Morgan fingerprint density at radius 1 is 0.667 bits per heavy atom. The lowest BCUT2D eigenvalue weighted by Crippen LogP contribution is -2.01. The minimum atomic E-state index is 0.241. The number of anilines is 2. The monoisotopic (exact) mass is 440 g/mol. The lowest BCUT2D eigenvalue weighted by Gasteiger charge is -2.15. The lowest BCUT2D eigenvalue weighted by atomic mass is 10.1. The van der Waals surface area contributed by atoms with E-state index in [0.29, 0.717) is 43.8 Å². The van der Waals surface area contributed by atoms with Crippen LogP contribution in [0.1, 0.15) is 11.1 Å². The molecule has 0 aliphatic carbocycles. The number of fused-ring (bicyclic) bond motifs is 1. The third-order valence-corrected chi connectivity index (χ3v) is 5.46. The van der Waals surface area contributed by atoms with Crippen molar-refractivity contribution in [2.75, 3.05) is 11.5 Å². The summed E-state index contributed by atoms with van der Waals surface area (Å²) >= 11 is 12.3. The highest BCUT2D eigenvalue weighted by Crippen LogP contribution is 2.41. The Kier molecular flexibility index (Phi) is 5.28. The molecule has 0 amide bonds. The molecule has 0 aliphatic heterocycles. The van der Waals surface area contributed by atoms with Gasteiger partial charge in [-0.1, -0.05) is 23.2 Å². The molecule has 30 heavy (non-hydrogen) atoms. The minimum Gasteiger partial charge on any atom is -0.453 e. The van der Waals surface area contributed by atoms with Crippen LogP contribution in [0.25, 0.3) is 10.8 Å². The van der Waals surface area contributed by atoms with Crippen LogP contribution in [0.3, 0.4) is 0 Å². The summed E-state index contributed by atoms with van der Waals surface area (Å²) in [5.41, 5.74) is 13.8. The van der Waals surface area contributed by atoms with E-state index >= 15 is 0 Å². The van der Waals surface area contributed by atoms with Gasteiger partial charge in [-0.3, -0.25) is 0 Å². The Morgan fingerprint density at radius 2 is 1.07 bits per heavy atom. The van der Waals surface area contributed by atoms with Gasteiger partial charge in [0.15, 0.2) is 23.1 Å². The van der Waals surface area contributed by atoms with Crippen molar-refractivity contribution in [3.8, 4) is 23.0 Å². The average Bonchev–Trinajstić information content (AvgIpc) is 2.71. The molecule has 0 spiro atoms. The van der Waals surface area contributed by atoms with Gasteiger partial charge in [0.25, 0.3) is 0 Å². The standard InChI is InChI=1S/C22H18Cl2N4O2/c1-11-7-13(3-5-17(11)23)29-19-9-15-16(22(26)28-27-21(15)25)10-20(19)30-14-4-6-18(24)12(2)8-14/h3-10H,1-2H3,(H2,25,27)(H2,26,28). The molecule has 3 aromatic carbocycles. The number of nitrogen functional groups attached to an aromatic ring is 2. The van der Waals surface area contributed by atoms with Crippen molar-refractivity contribution in [1.82, 2.24) is 10.2 Å². The van der Waals surface area contributed by atoms with Crippen molar-refractivity contribution in [2.24, 2.45) is 0 Å². The quantitative estimate of drug-likeness (QED) is 0.386. The van der Waals surface area contributed by atoms with Crippen LogP contribution in [0.2, 0.25) is 10.0 Å². The molecule has 8 heteroatoms. The second-order valence-corrected chi connectivity index (χ2v) is 7.66. The number of aromatic nitrogens is 2. The molecule has 0 saturated heterocycles. The number of hydrogen-bond acceptors (Lipinski definition) is 6. The van der Waals surface area contributed by atoms with Gasteiger partial charge in [0, 0.05) is 20.8 Å². The number of halogens is 2. The van der Waals surface area contributed by atoms with Crippen molar-refractivity contribution < 1.29 is 9.47 Å².